The maximum absolute atomic E-state index is 11.5. The van der Waals surface area contributed by atoms with E-state index in [1.54, 1.807) is 6.92 Å². The summed E-state index contributed by atoms with van der Waals surface area (Å²) < 4.78 is 4.71. The fourth-order valence-corrected chi connectivity index (χ4v) is 2.58. The van der Waals surface area contributed by atoms with Crippen molar-refractivity contribution >= 4 is 17.7 Å². The Bertz CT molecular complexity index is 487. The lowest BCUT2D eigenvalue weighted by Gasteiger charge is -2.16. The smallest absolute Gasteiger partial charge is 0.309 e. The molecular formula is C13H20N2O3S. The molecule has 0 spiro atoms. The Kier molecular flexibility index (Phi) is 6.08. The first kappa shape index (κ1) is 15.8. The van der Waals surface area contributed by atoms with E-state index < -0.39 is 0 Å². The van der Waals surface area contributed by atoms with Gasteiger partial charge in [0, 0.05) is 17.0 Å². The maximum atomic E-state index is 11.5. The third kappa shape index (κ3) is 4.70. The molecule has 0 saturated carbocycles. The lowest BCUT2D eigenvalue weighted by molar-refractivity contribution is -0.144. The number of aromatic nitrogens is 2. The third-order valence-electron chi connectivity index (χ3n) is 2.85. The number of ether oxygens (including phenoxy) is 1. The van der Waals surface area contributed by atoms with Crippen molar-refractivity contribution in [3.63, 3.8) is 0 Å². The summed E-state index contributed by atoms with van der Waals surface area (Å²) in [5, 5.41) is 0.534. The van der Waals surface area contributed by atoms with Crippen molar-refractivity contribution in [1.82, 2.24) is 9.97 Å². The summed E-state index contributed by atoms with van der Waals surface area (Å²) in [6.45, 7) is 5.76. The van der Waals surface area contributed by atoms with Crippen molar-refractivity contribution < 1.29 is 9.53 Å². The number of aryl methyl sites for hydroxylation is 1. The van der Waals surface area contributed by atoms with Crippen molar-refractivity contribution in [3.05, 3.63) is 22.1 Å². The van der Waals surface area contributed by atoms with Crippen LogP contribution in [0.4, 0.5) is 0 Å². The van der Waals surface area contributed by atoms with Crippen LogP contribution >= 0.6 is 11.8 Å². The summed E-state index contributed by atoms with van der Waals surface area (Å²) in [7, 11) is 1.37. The highest BCUT2D eigenvalue weighted by Gasteiger charge is 2.22. The zero-order valence-corrected chi connectivity index (χ0v) is 12.5. The van der Waals surface area contributed by atoms with Crippen molar-refractivity contribution in [3.8, 4) is 0 Å². The number of methoxy groups -OCH3 is 1. The Labute approximate surface area is 117 Å². The zero-order chi connectivity index (χ0) is 14.4. The molecule has 0 aliphatic heterocycles. The van der Waals surface area contributed by atoms with Crippen LogP contribution in [-0.2, 0) is 16.0 Å². The van der Waals surface area contributed by atoms with Gasteiger partial charge in [0.05, 0.1) is 13.0 Å². The Hall–Kier alpha value is -1.30. The van der Waals surface area contributed by atoms with E-state index in [0.29, 0.717) is 5.16 Å². The molecule has 1 N–H and O–H groups in total. The minimum atomic E-state index is -0.257. The van der Waals surface area contributed by atoms with Crippen molar-refractivity contribution in [2.45, 2.75) is 44.0 Å². The maximum Gasteiger partial charge on any atom is 0.309 e. The van der Waals surface area contributed by atoms with Gasteiger partial charge in [-0.15, -0.1) is 0 Å². The van der Waals surface area contributed by atoms with Crippen LogP contribution in [0.3, 0.4) is 0 Å². The normalized spacial score (nSPS) is 13.9. The Morgan fingerprint density at radius 3 is 2.79 bits per heavy atom. The largest absolute Gasteiger partial charge is 0.469 e. The van der Waals surface area contributed by atoms with Gasteiger partial charge in [-0.1, -0.05) is 39.0 Å². The first-order valence-corrected chi connectivity index (χ1v) is 7.20. The number of hydrogen-bond acceptors (Lipinski definition) is 5. The first-order chi connectivity index (χ1) is 8.97. The van der Waals surface area contributed by atoms with Gasteiger partial charge >= 0.3 is 5.97 Å². The predicted octanol–water partition coefficient (Wildman–Crippen LogP) is 2.01. The van der Waals surface area contributed by atoms with E-state index in [1.807, 2.05) is 13.8 Å². The van der Waals surface area contributed by atoms with Crippen LogP contribution in [0.1, 0.15) is 32.9 Å². The number of esters is 1. The molecular weight excluding hydrogens is 264 g/mol. The Balaban J connectivity index is 2.81. The predicted molar refractivity (Wildman–Crippen MR) is 75.4 cm³/mol. The molecule has 0 aliphatic carbocycles. The van der Waals surface area contributed by atoms with Gasteiger partial charge in [-0.25, -0.2) is 4.98 Å². The molecule has 0 bridgehead atoms. The van der Waals surface area contributed by atoms with Gasteiger partial charge in [-0.3, -0.25) is 9.59 Å². The SMILES string of the molecule is CCCc1cc(=O)[nH]c(SC(C)C(C)C(=O)OC)n1. The highest BCUT2D eigenvalue weighted by atomic mass is 32.2. The van der Waals surface area contributed by atoms with E-state index in [2.05, 4.69) is 9.97 Å². The fourth-order valence-electron chi connectivity index (χ4n) is 1.58. The molecule has 0 amide bonds. The van der Waals surface area contributed by atoms with Crippen LogP contribution in [0, 0.1) is 5.92 Å². The topological polar surface area (TPSA) is 72.0 Å². The third-order valence-corrected chi connectivity index (χ3v) is 4.05. The van der Waals surface area contributed by atoms with Gasteiger partial charge in [0.25, 0.3) is 5.56 Å². The number of nitrogens with zero attached hydrogens (tertiary/aromatic N) is 1. The molecule has 0 radical (unpaired) electrons. The zero-order valence-electron chi connectivity index (χ0n) is 11.7. The second kappa shape index (κ2) is 7.33. The molecule has 6 heteroatoms. The summed E-state index contributed by atoms with van der Waals surface area (Å²) in [5.41, 5.74) is 0.630. The lowest BCUT2D eigenvalue weighted by Crippen LogP contribution is -2.22. The van der Waals surface area contributed by atoms with Gasteiger partial charge in [-0.2, -0.15) is 0 Å². The summed E-state index contributed by atoms with van der Waals surface area (Å²) in [5.74, 6) is -0.512. The van der Waals surface area contributed by atoms with Gasteiger partial charge in [0.2, 0.25) is 0 Å². The number of thioether (sulfide) groups is 1. The molecule has 19 heavy (non-hydrogen) atoms. The Morgan fingerprint density at radius 1 is 1.53 bits per heavy atom. The second-order valence-electron chi connectivity index (χ2n) is 4.43. The van der Waals surface area contributed by atoms with Crippen LogP contribution in [-0.4, -0.2) is 28.3 Å². The van der Waals surface area contributed by atoms with Gasteiger partial charge < -0.3 is 9.72 Å². The molecule has 2 atom stereocenters. The number of rotatable bonds is 6. The van der Waals surface area contributed by atoms with Gasteiger partial charge in [0.1, 0.15) is 0 Å². The highest BCUT2D eigenvalue weighted by Crippen LogP contribution is 2.25. The minimum absolute atomic E-state index is 0.0209. The number of carbonyl (C=O) groups excluding carboxylic acids is 1. The van der Waals surface area contributed by atoms with Gasteiger partial charge in [0.15, 0.2) is 5.16 Å². The van der Waals surface area contributed by atoms with Crippen molar-refractivity contribution in [1.29, 1.82) is 0 Å². The van der Waals surface area contributed by atoms with Crippen LogP contribution in [0.25, 0.3) is 0 Å². The van der Waals surface area contributed by atoms with Crippen molar-refractivity contribution in [2.75, 3.05) is 7.11 Å². The number of hydrogen-bond donors (Lipinski definition) is 1. The minimum Gasteiger partial charge on any atom is -0.469 e. The molecule has 1 aromatic heterocycles. The van der Waals surface area contributed by atoms with Crippen LogP contribution in [0.5, 0.6) is 0 Å². The van der Waals surface area contributed by atoms with E-state index in [9.17, 15) is 9.59 Å². The molecule has 106 valence electrons. The van der Waals surface area contributed by atoms with E-state index in [4.69, 9.17) is 4.74 Å². The average molecular weight is 284 g/mol. The Morgan fingerprint density at radius 2 is 2.21 bits per heavy atom. The average Bonchev–Trinajstić information content (AvgIpc) is 2.36. The van der Waals surface area contributed by atoms with E-state index in [-0.39, 0.29) is 22.7 Å². The molecule has 2 unspecified atom stereocenters. The summed E-state index contributed by atoms with van der Waals surface area (Å²) >= 11 is 1.38. The summed E-state index contributed by atoms with van der Waals surface area (Å²) in [6, 6.07) is 1.52. The molecule has 1 aromatic rings. The number of H-pyrrole nitrogens is 1. The van der Waals surface area contributed by atoms with E-state index in [1.165, 1.54) is 24.9 Å². The number of aromatic amines is 1. The van der Waals surface area contributed by atoms with Crippen LogP contribution in [0.15, 0.2) is 16.0 Å². The van der Waals surface area contributed by atoms with Crippen molar-refractivity contribution in [2.24, 2.45) is 5.92 Å². The van der Waals surface area contributed by atoms with Crippen LogP contribution in [0.2, 0.25) is 0 Å². The van der Waals surface area contributed by atoms with Gasteiger partial charge in [-0.05, 0) is 6.42 Å². The monoisotopic (exact) mass is 284 g/mol. The molecule has 0 saturated heterocycles. The molecule has 0 aromatic carbocycles. The fraction of sp³-hybridized carbons (Fsp3) is 0.615. The molecule has 5 nitrogen and oxygen atoms in total. The van der Waals surface area contributed by atoms with E-state index >= 15 is 0 Å². The highest BCUT2D eigenvalue weighted by molar-refractivity contribution is 7.99. The van der Waals surface area contributed by atoms with E-state index in [0.717, 1.165) is 18.5 Å². The molecule has 0 fully saturated rings. The number of nitrogens with one attached hydrogen (secondary N) is 1. The second-order valence-corrected chi connectivity index (χ2v) is 5.79. The standard InChI is InChI=1S/C13H20N2O3S/c1-5-6-10-7-11(16)15-13(14-10)19-9(3)8(2)12(17)18-4/h7-9H,5-6H2,1-4H3,(H,14,15,16). The lowest BCUT2D eigenvalue weighted by atomic mass is 10.1. The molecule has 1 rings (SSSR count). The molecule has 0 aliphatic rings. The first-order valence-electron chi connectivity index (χ1n) is 6.32. The quantitative estimate of drug-likeness (QED) is 0.491. The molecule has 1 heterocycles. The van der Waals surface area contributed by atoms with Crippen LogP contribution < -0.4 is 5.56 Å². The number of carbonyl (C=O) groups is 1. The summed E-state index contributed by atoms with van der Waals surface area (Å²) in [4.78, 5) is 30.1. The summed E-state index contributed by atoms with van der Waals surface area (Å²) in [6.07, 6.45) is 1.72.